The Morgan fingerprint density at radius 1 is 1.05 bits per heavy atom. The Kier molecular flexibility index (Phi) is 6.85. The van der Waals surface area contributed by atoms with Gasteiger partial charge >= 0.3 is 0 Å². The fourth-order valence-corrected chi connectivity index (χ4v) is 5.44. The fourth-order valence-electron chi connectivity index (χ4n) is 4.39. The average molecular weight is 528 g/mol. The van der Waals surface area contributed by atoms with Crippen molar-refractivity contribution in [3.8, 4) is 17.2 Å². The molecule has 1 aromatic heterocycles. The molecule has 0 unspecified atom stereocenters. The van der Waals surface area contributed by atoms with E-state index in [-0.39, 0.29) is 17.2 Å². The van der Waals surface area contributed by atoms with Crippen LogP contribution in [-0.4, -0.2) is 29.8 Å². The number of rotatable bonds is 6. The second-order valence-electron chi connectivity index (χ2n) is 8.61. The van der Waals surface area contributed by atoms with Crippen molar-refractivity contribution in [3.05, 3.63) is 115 Å². The molecule has 8 nitrogen and oxygen atoms in total. The molecule has 9 heteroatoms. The molecule has 4 aromatic rings. The maximum atomic E-state index is 13.8. The second kappa shape index (κ2) is 10.4. The monoisotopic (exact) mass is 527 g/mol. The molecule has 0 radical (unpaired) electrons. The number of benzene rings is 3. The lowest BCUT2D eigenvalue weighted by molar-refractivity contribution is -0.113. The SMILES string of the molecule is COc1cccc([C@H]2C(C(=O)Nc3ccccc3)=C(C)N=c3s/c(=C\c4ccc(O)c(OC)c4)c(=O)n32)c1. The summed E-state index contributed by atoms with van der Waals surface area (Å²) in [5, 5.41) is 12.9. The van der Waals surface area contributed by atoms with Crippen LogP contribution in [0.2, 0.25) is 0 Å². The molecule has 5 rings (SSSR count). The highest BCUT2D eigenvalue weighted by Crippen LogP contribution is 2.32. The third-order valence-electron chi connectivity index (χ3n) is 6.21. The Morgan fingerprint density at radius 2 is 1.84 bits per heavy atom. The molecule has 1 aliphatic heterocycles. The summed E-state index contributed by atoms with van der Waals surface area (Å²) in [6.45, 7) is 1.77. The molecule has 0 spiro atoms. The molecule has 0 saturated carbocycles. The van der Waals surface area contributed by atoms with E-state index >= 15 is 0 Å². The van der Waals surface area contributed by atoms with E-state index in [1.54, 1.807) is 48.9 Å². The largest absolute Gasteiger partial charge is 0.504 e. The molecule has 1 atom stereocenters. The van der Waals surface area contributed by atoms with E-state index in [0.717, 1.165) is 5.56 Å². The number of phenols is 1. The maximum absolute atomic E-state index is 13.8. The van der Waals surface area contributed by atoms with Crippen LogP contribution in [0.15, 0.2) is 93.9 Å². The van der Waals surface area contributed by atoms with E-state index in [4.69, 9.17) is 9.47 Å². The molecule has 0 bridgehead atoms. The number of carbonyl (C=O) groups is 1. The molecule has 0 saturated heterocycles. The third kappa shape index (κ3) is 4.71. The van der Waals surface area contributed by atoms with E-state index in [0.29, 0.717) is 43.4 Å². The predicted molar refractivity (Wildman–Crippen MR) is 146 cm³/mol. The summed E-state index contributed by atoms with van der Waals surface area (Å²) < 4.78 is 12.6. The van der Waals surface area contributed by atoms with Gasteiger partial charge in [-0.15, -0.1) is 0 Å². The topological polar surface area (TPSA) is 102 Å². The number of phenolic OH excluding ortho intramolecular Hbond substituents is 1. The number of hydrogen-bond acceptors (Lipinski definition) is 7. The molecular formula is C29H25N3O5S. The van der Waals surface area contributed by atoms with E-state index in [1.807, 2.05) is 42.5 Å². The molecule has 2 N–H and O–H groups in total. The van der Waals surface area contributed by atoms with Crippen LogP contribution in [0.1, 0.15) is 24.1 Å². The summed E-state index contributed by atoms with van der Waals surface area (Å²) in [6.07, 6.45) is 1.72. The van der Waals surface area contributed by atoms with Crippen molar-refractivity contribution in [1.82, 2.24) is 4.57 Å². The van der Waals surface area contributed by atoms with Gasteiger partial charge in [-0.25, -0.2) is 4.99 Å². The van der Waals surface area contributed by atoms with Crippen molar-refractivity contribution in [3.63, 3.8) is 0 Å². The zero-order chi connectivity index (χ0) is 26.8. The number of methoxy groups -OCH3 is 2. The van der Waals surface area contributed by atoms with Gasteiger partial charge in [0.05, 0.1) is 36.1 Å². The van der Waals surface area contributed by atoms with Gasteiger partial charge in [-0.05, 0) is 60.5 Å². The fraction of sp³-hybridized carbons (Fsp3) is 0.138. The van der Waals surface area contributed by atoms with Crippen molar-refractivity contribution in [2.75, 3.05) is 19.5 Å². The third-order valence-corrected chi connectivity index (χ3v) is 7.19. The zero-order valence-electron chi connectivity index (χ0n) is 21.0. The van der Waals surface area contributed by atoms with Crippen LogP contribution >= 0.6 is 11.3 Å². The minimum Gasteiger partial charge on any atom is -0.504 e. The Labute approximate surface area is 222 Å². The van der Waals surface area contributed by atoms with Crippen LogP contribution in [0.4, 0.5) is 5.69 Å². The first-order chi connectivity index (χ1) is 18.4. The van der Waals surface area contributed by atoms with Crippen molar-refractivity contribution in [1.29, 1.82) is 0 Å². The van der Waals surface area contributed by atoms with Crippen molar-refractivity contribution < 1.29 is 19.4 Å². The minimum atomic E-state index is -0.721. The summed E-state index contributed by atoms with van der Waals surface area (Å²) >= 11 is 1.23. The lowest BCUT2D eigenvalue weighted by Crippen LogP contribution is -2.40. The number of aromatic hydroxyl groups is 1. The number of amides is 1. The Balaban J connectivity index is 1.68. The molecule has 1 amide bonds. The number of fused-ring (bicyclic) bond motifs is 1. The normalized spacial score (nSPS) is 15.0. The van der Waals surface area contributed by atoms with Gasteiger partial charge in [0, 0.05) is 5.69 Å². The van der Waals surface area contributed by atoms with Crippen LogP contribution < -0.4 is 29.7 Å². The zero-order valence-corrected chi connectivity index (χ0v) is 21.8. The molecule has 192 valence electrons. The number of allylic oxidation sites excluding steroid dienone is 1. The van der Waals surface area contributed by atoms with Gasteiger partial charge < -0.3 is 19.9 Å². The van der Waals surface area contributed by atoms with E-state index in [1.165, 1.54) is 24.5 Å². The Morgan fingerprint density at radius 3 is 2.58 bits per heavy atom. The standard InChI is InChI=1S/C29H25N3O5S/c1-17-25(27(34)31-20-9-5-4-6-10-20)26(19-8-7-11-21(16-19)36-2)32-28(35)24(38-29(32)30-17)15-18-12-13-22(33)23(14-18)37-3/h4-16,26,33H,1-3H3,(H,31,34)/b24-15-/t26-/m0/s1. The predicted octanol–water partition coefficient (Wildman–Crippen LogP) is 3.60. The smallest absolute Gasteiger partial charge is 0.271 e. The van der Waals surface area contributed by atoms with Gasteiger partial charge in [0.15, 0.2) is 16.3 Å². The van der Waals surface area contributed by atoms with Gasteiger partial charge in [-0.1, -0.05) is 47.7 Å². The maximum Gasteiger partial charge on any atom is 0.271 e. The van der Waals surface area contributed by atoms with Gasteiger partial charge in [-0.3, -0.25) is 14.2 Å². The number of carbonyl (C=O) groups excluding carboxylic acids is 1. The van der Waals surface area contributed by atoms with Crippen LogP contribution in [0.25, 0.3) is 6.08 Å². The van der Waals surface area contributed by atoms with Crippen molar-refractivity contribution in [2.45, 2.75) is 13.0 Å². The number of anilines is 1. The van der Waals surface area contributed by atoms with Crippen LogP contribution in [-0.2, 0) is 4.79 Å². The van der Waals surface area contributed by atoms with Gasteiger partial charge in [0.2, 0.25) is 0 Å². The number of thiazole rings is 1. The number of para-hydroxylation sites is 1. The first-order valence-electron chi connectivity index (χ1n) is 11.8. The van der Waals surface area contributed by atoms with Crippen LogP contribution in [0.3, 0.4) is 0 Å². The minimum absolute atomic E-state index is 0.00818. The molecular weight excluding hydrogens is 502 g/mol. The van der Waals surface area contributed by atoms with Gasteiger partial charge in [-0.2, -0.15) is 0 Å². The molecule has 0 aliphatic carbocycles. The van der Waals surface area contributed by atoms with E-state index < -0.39 is 6.04 Å². The molecule has 0 fully saturated rings. The Hall–Kier alpha value is -4.63. The molecule has 1 aliphatic rings. The summed E-state index contributed by atoms with van der Waals surface area (Å²) in [5.41, 5.74) is 2.64. The molecule has 3 aromatic carbocycles. The summed E-state index contributed by atoms with van der Waals surface area (Å²) in [5.74, 6) is 0.575. The number of aromatic nitrogens is 1. The van der Waals surface area contributed by atoms with Gasteiger partial charge in [0.25, 0.3) is 11.5 Å². The van der Waals surface area contributed by atoms with Crippen molar-refractivity contribution >= 4 is 29.0 Å². The first kappa shape index (κ1) is 25.0. The highest BCUT2D eigenvalue weighted by molar-refractivity contribution is 7.07. The quantitative estimate of drug-likeness (QED) is 0.399. The second-order valence-corrected chi connectivity index (χ2v) is 9.62. The summed E-state index contributed by atoms with van der Waals surface area (Å²) in [6, 6.07) is 20.6. The number of nitrogens with one attached hydrogen (secondary N) is 1. The highest BCUT2D eigenvalue weighted by atomic mass is 32.1. The lowest BCUT2D eigenvalue weighted by atomic mass is 9.95. The number of ether oxygens (including phenoxy) is 2. The molecule has 38 heavy (non-hydrogen) atoms. The number of hydrogen-bond donors (Lipinski definition) is 2. The van der Waals surface area contributed by atoms with Gasteiger partial charge in [0.1, 0.15) is 5.75 Å². The average Bonchev–Trinajstić information content (AvgIpc) is 3.23. The van der Waals surface area contributed by atoms with Crippen LogP contribution in [0, 0.1) is 0 Å². The van der Waals surface area contributed by atoms with Crippen LogP contribution in [0.5, 0.6) is 17.2 Å². The Bertz CT molecular complexity index is 1740. The van der Waals surface area contributed by atoms with E-state index in [9.17, 15) is 14.7 Å². The van der Waals surface area contributed by atoms with E-state index in [2.05, 4.69) is 10.3 Å². The number of nitrogens with zero attached hydrogens (tertiary/aromatic N) is 2. The highest BCUT2D eigenvalue weighted by Gasteiger charge is 2.32. The lowest BCUT2D eigenvalue weighted by Gasteiger charge is -2.25. The summed E-state index contributed by atoms with van der Waals surface area (Å²) in [4.78, 5) is 32.6. The first-order valence-corrected chi connectivity index (χ1v) is 12.6. The summed E-state index contributed by atoms with van der Waals surface area (Å²) in [7, 11) is 3.03. The molecule has 2 heterocycles. The van der Waals surface area contributed by atoms with Crippen molar-refractivity contribution in [2.24, 2.45) is 4.99 Å².